The third kappa shape index (κ3) is 7.86. The number of amides is 1. The van der Waals surface area contributed by atoms with Gasteiger partial charge in [0.05, 0.1) is 65.0 Å². The highest BCUT2D eigenvalue weighted by atomic mass is 32.2. The number of nitrogens with one attached hydrogen (secondary N) is 1. The Labute approximate surface area is 206 Å². The molecule has 3 rings (SSSR count). The smallest absolute Gasteiger partial charge is 0.217 e. The van der Waals surface area contributed by atoms with Gasteiger partial charge in [-0.05, 0) is 26.7 Å². The van der Waals surface area contributed by atoms with E-state index in [1.807, 2.05) is 13.8 Å². The minimum atomic E-state index is -0.742. The standard InChI is InChI=1S/C23H39NO9S/c1-16(25)24-19-18-5-6-23(31-18,21-20(19)32-22(3,4)33-21)15-30-12-11-28-8-7-27-9-10-29-13-14-34-17(2)26/h18-21H,5-15H2,1-4H3,(H,24,25)/t18-,19+,20-,21-,23-/m1/s1. The Morgan fingerprint density at radius 1 is 0.912 bits per heavy atom. The van der Waals surface area contributed by atoms with Crippen LogP contribution in [-0.2, 0) is 42.7 Å². The zero-order valence-corrected chi connectivity index (χ0v) is 21.5. The largest absolute Gasteiger partial charge is 0.378 e. The summed E-state index contributed by atoms with van der Waals surface area (Å²) in [5, 5.41) is 3.10. The molecule has 1 N–H and O–H groups in total. The van der Waals surface area contributed by atoms with Crippen LogP contribution in [0.3, 0.4) is 0 Å². The Balaban J connectivity index is 1.28. The van der Waals surface area contributed by atoms with Crippen LogP contribution >= 0.6 is 11.8 Å². The predicted molar refractivity (Wildman–Crippen MR) is 125 cm³/mol. The van der Waals surface area contributed by atoms with Crippen LogP contribution in [0.1, 0.15) is 40.5 Å². The van der Waals surface area contributed by atoms with E-state index in [2.05, 4.69) is 5.32 Å². The predicted octanol–water partition coefficient (Wildman–Crippen LogP) is 1.29. The summed E-state index contributed by atoms with van der Waals surface area (Å²) in [6.45, 7) is 10.6. The molecule has 3 aliphatic heterocycles. The van der Waals surface area contributed by atoms with Crippen molar-refractivity contribution in [3.05, 3.63) is 0 Å². The lowest BCUT2D eigenvalue weighted by molar-refractivity contribution is -0.205. The highest BCUT2D eigenvalue weighted by Crippen LogP contribution is 2.49. The van der Waals surface area contributed by atoms with Gasteiger partial charge < -0.3 is 38.5 Å². The highest BCUT2D eigenvalue weighted by Gasteiger charge is 2.64. The van der Waals surface area contributed by atoms with Crippen LogP contribution in [0.5, 0.6) is 0 Å². The molecule has 3 aliphatic rings. The first-order valence-corrected chi connectivity index (χ1v) is 13.0. The van der Waals surface area contributed by atoms with Gasteiger partial charge in [0, 0.05) is 19.6 Å². The first-order valence-electron chi connectivity index (χ1n) is 12.0. The molecule has 0 unspecified atom stereocenters. The van der Waals surface area contributed by atoms with E-state index in [1.165, 1.54) is 18.7 Å². The second kappa shape index (κ2) is 13.0. The number of hydrogen-bond acceptors (Lipinski definition) is 10. The molecule has 1 amide bonds. The molecule has 196 valence electrons. The molecule has 0 radical (unpaired) electrons. The fraction of sp³-hybridized carbons (Fsp3) is 0.913. The maximum atomic E-state index is 11.7. The minimum absolute atomic E-state index is 0.101. The molecule has 0 spiro atoms. The summed E-state index contributed by atoms with van der Waals surface area (Å²) >= 11 is 1.26. The van der Waals surface area contributed by atoms with Crippen molar-refractivity contribution in [1.82, 2.24) is 5.32 Å². The van der Waals surface area contributed by atoms with Crippen LogP contribution in [0.25, 0.3) is 0 Å². The maximum Gasteiger partial charge on any atom is 0.217 e. The molecule has 3 heterocycles. The van der Waals surface area contributed by atoms with Crippen LogP contribution in [0.2, 0.25) is 0 Å². The van der Waals surface area contributed by atoms with E-state index in [1.54, 1.807) is 6.92 Å². The molecule has 2 bridgehead atoms. The van der Waals surface area contributed by atoms with Gasteiger partial charge in [-0.3, -0.25) is 9.59 Å². The van der Waals surface area contributed by atoms with Gasteiger partial charge in [0.25, 0.3) is 0 Å². The van der Waals surface area contributed by atoms with Crippen molar-refractivity contribution in [1.29, 1.82) is 0 Å². The number of hydrogen-bond donors (Lipinski definition) is 1. The molecule has 3 saturated heterocycles. The second-order valence-electron chi connectivity index (χ2n) is 9.24. The zero-order chi connectivity index (χ0) is 24.6. The third-order valence-corrected chi connectivity index (χ3v) is 6.78. The van der Waals surface area contributed by atoms with Gasteiger partial charge in [0.15, 0.2) is 10.9 Å². The summed E-state index contributed by atoms with van der Waals surface area (Å²) in [5.74, 6) is -0.178. The molecule has 0 saturated carbocycles. The molecular weight excluding hydrogens is 466 g/mol. The van der Waals surface area contributed by atoms with Crippen molar-refractivity contribution in [3.63, 3.8) is 0 Å². The average molecular weight is 506 g/mol. The van der Waals surface area contributed by atoms with Crippen LogP contribution in [0.4, 0.5) is 0 Å². The Hall–Kier alpha value is -0.790. The lowest BCUT2D eigenvalue weighted by atomic mass is 9.88. The minimum Gasteiger partial charge on any atom is -0.378 e. The Bertz CT molecular complexity index is 679. The van der Waals surface area contributed by atoms with Gasteiger partial charge in [0.1, 0.15) is 17.8 Å². The summed E-state index contributed by atoms with van der Waals surface area (Å²) in [5.41, 5.74) is -0.579. The molecule has 0 aliphatic carbocycles. The summed E-state index contributed by atoms with van der Waals surface area (Å²) in [6.07, 6.45) is 0.918. The number of fused-ring (bicyclic) bond motifs is 4. The topological polar surface area (TPSA) is 111 Å². The summed E-state index contributed by atoms with van der Waals surface area (Å²) < 4.78 is 41.1. The Kier molecular flexibility index (Phi) is 10.6. The number of carbonyl (C=O) groups excluding carboxylic acids is 2. The van der Waals surface area contributed by atoms with Crippen molar-refractivity contribution in [2.45, 2.75) is 76.3 Å². The van der Waals surface area contributed by atoms with Crippen molar-refractivity contribution >= 4 is 22.8 Å². The van der Waals surface area contributed by atoms with Crippen LogP contribution in [-0.4, -0.2) is 105 Å². The zero-order valence-electron chi connectivity index (χ0n) is 20.7. The fourth-order valence-corrected chi connectivity index (χ4v) is 5.17. The van der Waals surface area contributed by atoms with E-state index in [4.69, 9.17) is 33.2 Å². The van der Waals surface area contributed by atoms with Gasteiger partial charge in [-0.25, -0.2) is 0 Å². The Morgan fingerprint density at radius 2 is 1.53 bits per heavy atom. The number of carbonyl (C=O) groups is 2. The molecule has 0 aromatic heterocycles. The van der Waals surface area contributed by atoms with Crippen molar-refractivity contribution in [3.8, 4) is 0 Å². The van der Waals surface area contributed by atoms with E-state index in [9.17, 15) is 9.59 Å². The quantitative estimate of drug-likeness (QED) is 0.327. The van der Waals surface area contributed by atoms with Crippen LogP contribution < -0.4 is 5.32 Å². The SMILES string of the molecule is CC(=O)N[C@@H]1[C@H]2OC(C)(C)O[C@H]2[C@]2(COCCOCCOCCOCCSC(C)=O)CC[C@H]1O2. The summed E-state index contributed by atoms with van der Waals surface area (Å²) in [6, 6.07) is -0.229. The van der Waals surface area contributed by atoms with E-state index >= 15 is 0 Å². The number of ether oxygens (including phenoxy) is 7. The molecule has 10 nitrogen and oxygen atoms in total. The molecular formula is C23H39NO9S. The Morgan fingerprint density at radius 3 is 2.15 bits per heavy atom. The number of thioether (sulfide) groups is 1. The third-order valence-electron chi connectivity index (χ3n) is 6.01. The average Bonchev–Trinajstić information content (AvgIpc) is 3.31. The monoisotopic (exact) mass is 505 g/mol. The van der Waals surface area contributed by atoms with Crippen molar-refractivity contribution < 1.29 is 42.7 Å². The van der Waals surface area contributed by atoms with Gasteiger partial charge in [-0.1, -0.05) is 11.8 Å². The molecule has 0 aromatic rings. The number of rotatable bonds is 15. The molecule has 34 heavy (non-hydrogen) atoms. The van der Waals surface area contributed by atoms with Gasteiger partial charge >= 0.3 is 0 Å². The first kappa shape index (κ1) is 27.8. The van der Waals surface area contributed by atoms with Gasteiger partial charge in [0.2, 0.25) is 5.91 Å². The van der Waals surface area contributed by atoms with E-state index in [0.29, 0.717) is 58.6 Å². The maximum absolute atomic E-state index is 11.7. The highest BCUT2D eigenvalue weighted by molar-refractivity contribution is 8.13. The normalized spacial score (nSPS) is 31.4. The van der Waals surface area contributed by atoms with Crippen molar-refractivity contribution in [2.24, 2.45) is 0 Å². The fourth-order valence-electron chi connectivity index (χ4n) is 4.69. The lowest BCUT2D eigenvalue weighted by Crippen LogP contribution is -2.64. The molecule has 5 atom stereocenters. The van der Waals surface area contributed by atoms with Crippen LogP contribution in [0, 0.1) is 0 Å². The molecule has 0 aromatic carbocycles. The second-order valence-corrected chi connectivity index (χ2v) is 10.5. The summed E-state index contributed by atoms with van der Waals surface area (Å²) in [7, 11) is 0. The molecule has 3 fully saturated rings. The lowest BCUT2D eigenvalue weighted by Gasteiger charge is -2.44. The summed E-state index contributed by atoms with van der Waals surface area (Å²) in [4.78, 5) is 22.5. The van der Waals surface area contributed by atoms with Gasteiger partial charge in [-0.15, -0.1) is 0 Å². The van der Waals surface area contributed by atoms with E-state index in [-0.39, 0.29) is 35.4 Å². The van der Waals surface area contributed by atoms with Gasteiger partial charge in [-0.2, -0.15) is 0 Å². The molecule has 11 heteroatoms. The van der Waals surface area contributed by atoms with E-state index < -0.39 is 11.4 Å². The first-order chi connectivity index (χ1) is 16.2. The van der Waals surface area contributed by atoms with E-state index in [0.717, 1.165) is 12.8 Å². The van der Waals surface area contributed by atoms with Crippen LogP contribution in [0.15, 0.2) is 0 Å². The van der Waals surface area contributed by atoms with Crippen molar-refractivity contribution in [2.75, 3.05) is 58.6 Å².